The van der Waals surface area contributed by atoms with Crippen LogP contribution in [0.2, 0.25) is 0 Å². The summed E-state index contributed by atoms with van der Waals surface area (Å²) < 4.78 is 28.1. The van der Waals surface area contributed by atoms with E-state index in [1.165, 1.54) is 6.20 Å². The van der Waals surface area contributed by atoms with Gasteiger partial charge in [0.05, 0.1) is 16.8 Å². The van der Waals surface area contributed by atoms with Gasteiger partial charge < -0.3 is 4.90 Å². The fourth-order valence-electron chi connectivity index (χ4n) is 3.83. The number of hydrogen-bond donors (Lipinski definition) is 1. The highest BCUT2D eigenvalue weighted by Gasteiger charge is 2.24. The molecule has 2 aromatic carbocycles. The predicted octanol–water partition coefficient (Wildman–Crippen LogP) is 5.17. The quantitative estimate of drug-likeness (QED) is 0.432. The predicted molar refractivity (Wildman–Crippen MR) is 131 cm³/mol. The van der Waals surface area contributed by atoms with Crippen molar-refractivity contribution in [2.45, 2.75) is 18.4 Å². The molecule has 8 heteroatoms. The van der Waals surface area contributed by atoms with E-state index < -0.39 is 10.0 Å². The number of nitrogens with zero attached hydrogens (tertiary/aromatic N) is 2. The zero-order valence-electron chi connectivity index (χ0n) is 18.1. The van der Waals surface area contributed by atoms with Crippen LogP contribution in [-0.4, -0.2) is 31.3 Å². The van der Waals surface area contributed by atoms with E-state index in [0.29, 0.717) is 12.2 Å². The zero-order chi connectivity index (χ0) is 23.2. The van der Waals surface area contributed by atoms with Crippen LogP contribution in [-0.2, 0) is 16.6 Å². The Kier molecular flexibility index (Phi) is 5.26. The van der Waals surface area contributed by atoms with Crippen molar-refractivity contribution in [1.82, 2.24) is 9.88 Å². The van der Waals surface area contributed by atoms with E-state index in [9.17, 15) is 13.2 Å². The van der Waals surface area contributed by atoms with Crippen LogP contribution in [0.15, 0.2) is 78.0 Å². The van der Waals surface area contributed by atoms with E-state index in [1.807, 2.05) is 31.2 Å². The van der Waals surface area contributed by atoms with E-state index in [0.717, 1.165) is 37.6 Å². The third-order valence-corrected chi connectivity index (χ3v) is 8.17. The summed E-state index contributed by atoms with van der Waals surface area (Å²) in [4.78, 5) is 20.3. The van der Waals surface area contributed by atoms with Gasteiger partial charge in [-0.05, 0) is 60.5 Å². The fraction of sp³-hybridized carbons (Fsp3) is 0.120. The number of aryl methyl sites for hydroxylation is 1. The highest BCUT2D eigenvalue weighted by Crippen LogP contribution is 2.36. The molecule has 3 heterocycles. The number of benzene rings is 2. The van der Waals surface area contributed by atoms with Gasteiger partial charge in [-0.3, -0.25) is 14.5 Å². The molecule has 0 fully saturated rings. The van der Waals surface area contributed by atoms with E-state index in [1.54, 1.807) is 59.8 Å². The topological polar surface area (TPSA) is 79.4 Å². The van der Waals surface area contributed by atoms with E-state index in [4.69, 9.17) is 0 Å². The Hall–Kier alpha value is -3.49. The van der Waals surface area contributed by atoms with Crippen LogP contribution >= 0.6 is 11.3 Å². The van der Waals surface area contributed by atoms with Crippen molar-refractivity contribution < 1.29 is 13.2 Å². The minimum atomic E-state index is -3.70. The summed E-state index contributed by atoms with van der Waals surface area (Å²) in [6, 6.07) is 18.4. The molecule has 0 unspecified atom stereocenters. The molecule has 0 atom stereocenters. The van der Waals surface area contributed by atoms with Crippen molar-refractivity contribution in [2.24, 2.45) is 0 Å². The van der Waals surface area contributed by atoms with Crippen LogP contribution in [0.1, 0.15) is 21.5 Å². The molecule has 1 N–H and O–H groups in total. The Morgan fingerprint density at radius 2 is 1.67 bits per heavy atom. The number of rotatable bonds is 5. The molecule has 1 aliphatic rings. The minimum Gasteiger partial charge on any atom is -0.337 e. The zero-order valence-corrected chi connectivity index (χ0v) is 19.7. The van der Waals surface area contributed by atoms with Crippen LogP contribution in [0.25, 0.3) is 20.9 Å². The summed E-state index contributed by atoms with van der Waals surface area (Å²) in [5, 5.41) is 0. The number of hydrogen-bond acceptors (Lipinski definition) is 5. The molecule has 4 aromatic rings. The number of thiophene rings is 1. The molecule has 0 radical (unpaired) electrons. The smallest absolute Gasteiger partial charge is 0.261 e. The van der Waals surface area contributed by atoms with Crippen LogP contribution in [0, 0.1) is 6.92 Å². The van der Waals surface area contributed by atoms with Gasteiger partial charge in [-0.25, -0.2) is 8.42 Å². The van der Waals surface area contributed by atoms with Crippen molar-refractivity contribution in [3.05, 3.63) is 89.7 Å². The second-order valence-electron chi connectivity index (χ2n) is 8.08. The highest BCUT2D eigenvalue weighted by molar-refractivity contribution is 7.92. The Morgan fingerprint density at radius 3 is 2.42 bits per heavy atom. The number of carbonyl (C=O) groups excluding carboxylic acids is 1. The van der Waals surface area contributed by atoms with Gasteiger partial charge in [0, 0.05) is 40.7 Å². The van der Waals surface area contributed by atoms with Gasteiger partial charge in [-0.15, -0.1) is 11.3 Å². The van der Waals surface area contributed by atoms with Gasteiger partial charge in [0.25, 0.3) is 15.9 Å². The molecular formula is C25H21N3O3S2. The number of nitrogens with one attached hydrogen (secondary N) is 1. The summed E-state index contributed by atoms with van der Waals surface area (Å²) in [6.07, 6.45) is 3.22. The average Bonchev–Trinajstić information content (AvgIpc) is 3.39. The van der Waals surface area contributed by atoms with Gasteiger partial charge >= 0.3 is 0 Å². The molecule has 0 aliphatic carbocycles. The van der Waals surface area contributed by atoms with Crippen molar-refractivity contribution in [2.75, 3.05) is 11.8 Å². The Morgan fingerprint density at radius 1 is 0.939 bits per heavy atom. The maximum Gasteiger partial charge on any atom is 0.261 e. The average molecular weight is 476 g/mol. The first-order valence-electron chi connectivity index (χ1n) is 10.3. The fourth-order valence-corrected chi connectivity index (χ4v) is 5.85. The van der Waals surface area contributed by atoms with Gasteiger partial charge in [-0.1, -0.05) is 23.8 Å². The summed E-state index contributed by atoms with van der Waals surface area (Å²) in [5.74, 6) is 0.0550. The lowest BCUT2D eigenvalue weighted by molar-refractivity contribution is 0.0816. The molecule has 33 heavy (non-hydrogen) atoms. The minimum absolute atomic E-state index is 0.0550. The molecule has 6 nitrogen and oxygen atoms in total. The molecule has 0 spiro atoms. The summed E-state index contributed by atoms with van der Waals surface area (Å²) >= 11 is 1.60. The second kappa shape index (κ2) is 8.13. The number of fused-ring (bicyclic) bond motifs is 1. The lowest BCUT2D eigenvalue weighted by Gasteiger charge is -2.09. The number of amides is 1. The van der Waals surface area contributed by atoms with E-state index in [2.05, 4.69) is 15.8 Å². The molecule has 5 rings (SSSR count). The summed E-state index contributed by atoms with van der Waals surface area (Å²) in [6.45, 7) is 2.53. The highest BCUT2D eigenvalue weighted by atomic mass is 32.2. The Bertz CT molecular complexity index is 1480. The monoisotopic (exact) mass is 475 g/mol. The van der Waals surface area contributed by atoms with Gasteiger partial charge in [0.1, 0.15) is 0 Å². The number of carbonyl (C=O) groups is 1. The number of anilines is 1. The molecule has 0 saturated carbocycles. The first-order chi connectivity index (χ1) is 15.8. The first-order valence-corrected chi connectivity index (χ1v) is 12.6. The maximum absolute atomic E-state index is 12.7. The van der Waals surface area contributed by atoms with Crippen molar-refractivity contribution >= 4 is 33.0 Å². The summed E-state index contributed by atoms with van der Waals surface area (Å²) in [7, 11) is -1.90. The van der Waals surface area contributed by atoms with Gasteiger partial charge in [-0.2, -0.15) is 0 Å². The van der Waals surface area contributed by atoms with Crippen LogP contribution in [0.5, 0.6) is 0 Å². The third kappa shape index (κ3) is 4.15. The van der Waals surface area contributed by atoms with Crippen molar-refractivity contribution in [1.29, 1.82) is 0 Å². The normalized spacial score (nSPS) is 13.3. The number of pyridine rings is 1. The number of sulfonamides is 1. The maximum atomic E-state index is 12.7. The molecule has 1 amide bonds. The third-order valence-electron chi connectivity index (χ3n) is 5.59. The lowest BCUT2D eigenvalue weighted by Crippen LogP contribution is -2.17. The molecule has 2 aromatic heterocycles. The summed E-state index contributed by atoms with van der Waals surface area (Å²) in [5.41, 5.74) is 5.07. The van der Waals surface area contributed by atoms with E-state index in [-0.39, 0.29) is 10.8 Å². The van der Waals surface area contributed by atoms with E-state index >= 15 is 0 Å². The van der Waals surface area contributed by atoms with Crippen LogP contribution in [0.3, 0.4) is 0 Å². The lowest BCUT2D eigenvalue weighted by atomic mass is 10.1. The van der Waals surface area contributed by atoms with Crippen LogP contribution < -0.4 is 4.72 Å². The number of aromatic nitrogens is 1. The van der Waals surface area contributed by atoms with Crippen LogP contribution in [0.4, 0.5) is 5.69 Å². The molecular weight excluding hydrogens is 454 g/mol. The Labute approximate surface area is 196 Å². The molecule has 0 saturated heterocycles. The van der Waals surface area contributed by atoms with Crippen molar-refractivity contribution in [3.63, 3.8) is 0 Å². The SMILES string of the molecule is Cc1ccc(S(=O)(=O)Nc2cncc(-c3ccc(-c4ccc5c(c4)CN(C)C5=O)s3)c2)cc1. The van der Waals surface area contributed by atoms with Crippen molar-refractivity contribution in [3.8, 4) is 20.9 Å². The molecule has 166 valence electrons. The largest absolute Gasteiger partial charge is 0.337 e. The standard InChI is InChI=1S/C25H21N3O3S2/c1-16-3-6-21(7-4-16)33(30,31)27-20-12-18(13-26-14-20)24-10-9-23(32-24)17-5-8-22-19(11-17)15-28(2)25(22)29/h3-14,27H,15H2,1-2H3. The molecule has 0 bridgehead atoms. The first kappa shape index (κ1) is 21.4. The van der Waals surface area contributed by atoms with Gasteiger partial charge in [0.2, 0.25) is 0 Å². The molecule has 1 aliphatic heterocycles. The Balaban J connectivity index is 1.40. The second-order valence-corrected chi connectivity index (χ2v) is 10.8. The van der Waals surface area contributed by atoms with Gasteiger partial charge in [0.15, 0.2) is 0 Å².